The van der Waals surface area contributed by atoms with Gasteiger partial charge in [0.15, 0.2) is 0 Å². The number of hydrogen-bond acceptors (Lipinski definition) is 0. The van der Waals surface area contributed by atoms with Crippen LogP contribution in [0.25, 0.3) is 0 Å². The molecular weight excluding hydrogens is 208 g/mol. The Labute approximate surface area is 67.3 Å². The van der Waals surface area contributed by atoms with Crippen LogP contribution >= 0.6 is 9.12 Å². The second-order valence-electron chi connectivity index (χ2n) is 0. The van der Waals surface area contributed by atoms with Crippen molar-refractivity contribution in [3.05, 3.63) is 0 Å². The molecule has 0 N–H and O–H groups in total. The van der Waals surface area contributed by atoms with E-state index < -0.39 is 0 Å². The maximum atomic E-state index is 2.42. The monoisotopic (exact) mass is 212 g/mol. The van der Waals surface area contributed by atoms with E-state index in [2.05, 4.69) is 9.12 Å². The Morgan fingerprint density at radius 1 is 1.20 bits per heavy atom. The van der Waals surface area contributed by atoms with Gasteiger partial charge in [-0.1, -0.05) is 0 Å². The molecule has 0 heterocycles. The predicted molar refractivity (Wildman–Crippen MR) is 18.3 cm³/mol. The summed E-state index contributed by atoms with van der Waals surface area (Å²) in [6, 6.07) is 0. The van der Waals surface area contributed by atoms with Crippen LogP contribution in [0.5, 0.6) is 0 Å². The fourth-order valence-electron chi connectivity index (χ4n) is 0. The summed E-state index contributed by atoms with van der Waals surface area (Å²) in [5.74, 6) is 0. The van der Waals surface area contributed by atoms with Crippen molar-refractivity contribution in [1.29, 1.82) is 0 Å². The standard InChI is InChI=1S/BH4P.Cr.Fe.Ni/c1-2;;;/h1-2H2;;;. The van der Waals surface area contributed by atoms with Gasteiger partial charge in [0.1, 0.15) is 7.57 Å². The van der Waals surface area contributed by atoms with Gasteiger partial charge in [-0.2, -0.15) is 9.12 Å². The minimum absolute atomic E-state index is 0. The third-order valence-electron chi connectivity index (χ3n) is 0. The summed E-state index contributed by atoms with van der Waals surface area (Å²) in [4.78, 5) is 0. The van der Waals surface area contributed by atoms with Gasteiger partial charge in [-0.15, -0.1) is 0 Å². The van der Waals surface area contributed by atoms with Gasteiger partial charge in [0.25, 0.3) is 0 Å². The Hall–Kier alpha value is 2.04. The zero-order valence-corrected chi connectivity index (χ0v) is 7.18. The van der Waals surface area contributed by atoms with Crippen molar-refractivity contribution in [3.63, 3.8) is 0 Å². The molecule has 0 amide bonds. The van der Waals surface area contributed by atoms with Crippen molar-refractivity contribution in [2.24, 2.45) is 0 Å². The van der Waals surface area contributed by atoms with Gasteiger partial charge >= 0.3 is 0 Å². The molecule has 0 aliphatic heterocycles. The van der Waals surface area contributed by atoms with E-state index in [0.717, 1.165) is 0 Å². The molecule has 0 radical (unpaired) electrons. The minimum atomic E-state index is 0. The Balaban J connectivity index is -0.00000000167. The van der Waals surface area contributed by atoms with E-state index in [1.807, 2.05) is 7.57 Å². The maximum Gasteiger partial charge on any atom is 0.126 e. The Morgan fingerprint density at radius 3 is 1.20 bits per heavy atom. The molecule has 0 aliphatic carbocycles. The van der Waals surface area contributed by atoms with Gasteiger partial charge in [-0.05, 0) is 0 Å². The predicted octanol–water partition coefficient (Wildman–Crippen LogP) is -0.598. The van der Waals surface area contributed by atoms with Crippen molar-refractivity contribution in [1.82, 2.24) is 0 Å². The second kappa shape index (κ2) is 36.9. The number of hydrogen-bond donors (Lipinski definition) is 0. The number of rotatable bonds is 0. The second-order valence-corrected chi connectivity index (χ2v) is 0. The minimum Gasteiger partial charge on any atom is -0.179 e. The van der Waals surface area contributed by atoms with E-state index in [-0.39, 0.29) is 50.9 Å². The van der Waals surface area contributed by atoms with Crippen molar-refractivity contribution in [2.75, 3.05) is 0 Å². The molecule has 0 rings (SSSR count). The Kier molecular flexibility index (Phi) is 205. The molecule has 0 aliphatic rings. The molecule has 0 fully saturated rings. The fraction of sp³-hybridized carbons (Fsp3) is 0. The van der Waals surface area contributed by atoms with Crippen LogP contribution in [0.2, 0.25) is 0 Å². The molecule has 0 spiro atoms. The topological polar surface area (TPSA) is 0 Å². The van der Waals surface area contributed by atoms with E-state index in [0.29, 0.717) is 0 Å². The van der Waals surface area contributed by atoms with Crippen LogP contribution < -0.4 is 0 Å². The summed E-state index contributed by atoms with van der Waals surface area (Å²) >= 11 is 0. The molecule has 36 valence electrons. The molecule has 0 bridgehead atoms. The average Bonchev–Trinajstić information content (AvgIpc) is 1.00. The van der Waals surface area contributed by atoms with Gasteiger partial charge in [-0.3, -0.25) is 0 Å². The molecule has 5 heteroatoms. The molecule has 0 aromatic heterocycles. The molecule has 0 saturated carbocycles. The molecule has 0 aromatic carbocycles. The van der Waals surface area contributed by atoms with Crippen LogP contribution in [0.3, 0.4) is 0 Å². The van der Waals surface area contributed by atoms with E-state index in [1.165, 1.54) is 0 Å². The summed E-state index contributed by atoms with van der Waals surface area (Å²) in [6.45, 7) is 0. The van der Waals surface area contributed by atoms with E-state index in [4.69, 9.17) is 0 Å². The summed E-state index contributed by atoms with van der Waals surface area (Å²) in [5, 5.41) is 0. The van der Waals surface area contributed by atoms with E-state index in [9.17, 15) is 0 Å². The van der Waals surface area contributed by atoms with Gasteiger partial charge < -0.3 is 0 Å². The van der Waals surface area contributed by atoms with Crippen LogP contribution in [0.15, 0.2) is 0 Å². The van der Waals surface area contributed by atoms with Crippen molar-refractivity contribution >= 4 is 16.7 Å². The Bertz CT molecular complexity index is 11.6. The zero-order valence-electron chi connectivity index (χ0n) is 2.66. The van der Waals surface area contributed by atoms with Crippen LogP contribution in [-0.2, 0) is 50.9 Å². The third kappa shape index (κ3) is 23.7. The van der Waals surface area contributed by atoms with Gasteiger partial charge in [-0.25, -0.2) is 0 Å². The first-order valence-corrected chi connectivity index (χ1v) is 1.73. The van der Waals surface area contributed by atoms with Crippen molar-refractivity contribution < 1.29 is 50.9 Å². The fourth-order valence-corrected chi connectivity index (χ4v) is 0. The summed E-state index contributed by atoms with van der Waals surface area (Å²) in [6.07, 6.45) is 0. The first-order chi connectivity index (χ1) is 1.00. The summed E-state index contributed by atoms with van der Waals surface area (Å²) < 4.78 is 0. The maximum absolute atomic E-state index is 2.42. The van der Waals surface area contributed by atoms with E-state index >= 15 is 0 Å². The van der Waals surface area contributed by atoms with Crippen LogP contribution in [-0.4, -0.2) is 7.57 Å². The third-order valence-corrected chi connectivity index (χ3v) is 0. The molecule has 5 heavy (non-hydrogen) atoms. The smallest absolute Gasteiger partial charge is 0.126 e. The quantitative estimate of drug-likeness (QED) is 0.372. The Morgan fingerprint density at radius 2 is 1.20 bits per heavy atom. The first-order valence-electron chi connectivity index (χ1n) is 0.577. The molecule has 1 atom stereocenters. The van der Waals surface area contributed by atoms with Crippen molar-refractivity contribution in [2.45, 2.75) is 0 Å². The van der Waals surface area contributed by atoms with Crippen LogP contribution in [0.4, 0.5) is 0 Å². The molecular formula is H4BCrFeNiP. The summed E-state index contributed by atoms with van der Waals surface area (Å²) in [7, 11) is 4.33. The molecule has 1 unspecified atom stereocenters. The molecule has 0 saturated heterocycles. The normalized spacial score (nSPS) is 1.00. The van der Waals surface area contributed by atoms with Gasteiger partial charge in [0.2, 0.25) is 0 Å². The van der Waals surface area contributed by atoms with Crippen LogP contribution in [0, 0.1) is 0 Å². The SMILES string of the molecule is BP.[Cr].[Fe].[Ni]. The van der Waals surface area contributed by atoms with Gasteiger partial charge in [0.05, 0.1) is 0 Å². The van der Waals surface area contributed by atoms with Crippen LogP contribution in [0.1, 0.15) is 0 Å². The molecule has 0 aromatic rings. The van der Waals surface area contributed by atoms with E-state index in [1.54, 1.807) is 0 Å². The average molecular weight is 212 g/mol. The van der Waals surface area contributed by atoms with Crippen molar-refractivity contribution in [3.8, 4) is 0 Å². The van der Waals surface area contributed by atoms with Gasteiger partial charge in [0, 0.05) is 50.9 Å². The molecule has 0 nitrogen and oxygen atoms in total. The largest absolute Gasteiger partial charge is 0.179 e. The summed E-state index contributed by atoms with van der Waals surface area (Å²) in [5.41, 5.74) is 0. The zero-order chi connectivity index (χ0) is 2.00. The first kappa shape index (κ1) is 27.8.